The molecule has 1 aliphatic heterocycles. The van der Waals surface area contributed by atoms with Crippen molar-refractivity contribution in [3.8, 4) is 6.07 Å². The molecule has 1 rings (SSSR count). The highest BCUT2D eigenvalue weighted by molar-refractivity contribution is 5.82. The minimum Gasteiger partial charge on any atom is -0.353 e. The van der Waals surface area contributed by atoms with Gasteiger partial charge in [0.1, 0.15) is 6.04 Å². The van der Waals surface area contributed by atoms with Crippen LogP contribution in [-0.2, 0) is 4.79 Å². The van der Waals surface area contributed by atoms with Gasteiger partial charge in [-0.3, -0.25) is 9.69 Å². The molecule has 0 aromatic carbocycles. The molecule has 1 aliphatic rings. The lowest BCUT2D eigenvalue weighted by molar-refractivity contribution is -0.128. The number of hydrogen-bond donors (Lipinski definition) is 1. The molecule has 1 saturated heterocycles. The number of rotatable bonds is 2. The van der Waals surface area contributed by atoms with Crippen molar-refractivity contribution in [1.82, 2.24) is 10.2 Å². The fourth-order valence-corrected chi connectivity index (χ4v) is 1.45. The van der Waals surface area contributed by atoms with Crippen molar-refractivity contribution in [1.29, 1.82) is 5.26 Å². The SMILES string of the molecule is CCN1CCNC(=O)C1CC#N. The minimum absolute atomic E-state index is 0.00958. The van der Waals surface area contributed by atoms with Crippen LogP contribution in [0, 0.1) is 11.3 Å². The molecule has 1 atom stereocenters. The highest BCUT2D eigenvalue weighted by Crippen LogP contribution is 2.06. The molecule has 0 aromatic heterocycles. The summed E-state index contributed by atoms with van der Waals surface area (Å²) in [6, 6.07) is 1.80. The number of nitrogens with zero attached hydrogens (tertiary/aromatic N) is 2. The smallest absolute Gasteiger partial charge is 0.238 e. The maximum Gasteiger partial charge on any atom is 0.238 e. The highest BCUT2D eigenvalue weighted by atomic mass is 16.2. The van der Waals surface area contributed by atoms with E-state index in [2.05, 4.69) is 5.32 Å². The Labute approximate surface area is 72.2 Å². The van der Waals surface area contributed by atoms with Gasteiger partial charge in [-0.05, 0) is 6.54 Å². The van der Waals surface area contributed by atoms with Gasteiger partial charge in [-0.25, -0.2) is 0 Å². The molecule has 66 valence electrons. The van der Waals surface area contributed by atoms with Gasteiger partial charge in [0.15, 0.2) is 0 Å². The number of likely N-dealkylation sites (N-methyl/N-ethyl adjacent to an activating group) is 1. The summed E-state index contributed by atoms with van der Waals surface area (Å²) >= 11 is 0. The topological polar surface area (TPSA) is 56.1 Å². The molecule has 1 unspecified atom stereocenters. The summed E-state index contributed by atoms with van der Waals surface area (Å²) < 4.78 is 0. The summed E-state index contributed by atoms with van der Waals surface area (Å²) in [5, 5.41) is 11.2. The minimum atomic E-state index is -0.228. The molecular weight excluding hydrogens is 154 g/mol. The van der Waals surface area contributed by atoms with E-state index >= 15 is 0 Å². The molecular formula is C8H13N3O. The zero-order valence-electron chi connectivity index (χ0n) is 7.21. The highest BCUT2D eigenvalue weighted by Gasteiger charge is 2.27. The predicted molar refractivity (Wildman–Crippen MR) is 44.3 cm³/mol. The molecule has 1 amide bonds. The second-order valence-corrected chi connectivity index (χ2v) is 2.80. The van der Waals surface area contributed by atoms with Gasteiger partial charge in [0.25, 0.3) is 0 Å². The lowest BCUT2D eigenvalue weighted by atomic mass is 10.1. The van der Waals surface area contributed by atoms with Crippen molar-refractivity contribution in [2.75, 3.05) is 19.6 Å². The Morgan fingerprint density at radius 2 is 2.58 bits per heavy atom. The van der Waals surface area contributed by atoms with Crippen LogP contribution < -0.4 is 5.32 Å². The van der Waals surface area contributed by atoms with Gasteiger partial charge in [-0.15, -0.1) is 0 Å². The van der Waals surface area contributed by atoms with Gasteiger partial charge in [0.2, 0.25) is 5.91 Å². The van der Waals surface area contributed by atoms with Crippen LogP contribution >= 0.6 is 0 Å². The Bertz CT molecular complexity index is 209. The number of carbonyl (C=O) groups excluding carboxylic acids is 1. The third-order valence-corrected chi connectivity index (χ3v) is 2.13. The Hall–Kier alpha value is -1.08. The Balaban J connectivity index is 2.60. The first-order valence-corrected chi connectivity index (χ1v) is 4.18. The molecule has 1 fully saturated rings. The normalized spacial score (nSPS) is 24.7. The van der Waals surface area contributed by atoms with E-state index in [1.54, 1.807) is 0 Å². The fraction of sp³-hybridized carbons (Fsp3) is 0.750. The van der Waals surface area contributed by atoms with Crippen LogP contribution in [0.2, 0.25) is 0 Å². The van der Waals surface area contributed by atoms with Gasteiger partial charge in [-0.1, -0.05) is 6.92 Å². The molecule has 12 heavy (non-hydrogen) atoms. The van der Waals surface area contributed by atoms with Crippen molar-refractivity contribution in [3.05, 3.63) is 0 Å². The summed E-state index contributed by atoms with van der Waals surface area (Å²) in [5.74, 6) is -0.00958. The Morgan fingerprint density at radius 1 is 1.83 bits per heavy atom. The molecule has 0 aliphatic carbocycles. The number of carbonyl (C=O) groups is 1. The molecule has 0 spiro atoms. The summed E-state index contributed by atoms with van der Waals surface area (Å²) in [7, 11) is 0. The van der Waals surface area contributed by atoms with Gasteiger partial charge in [0, 0.05) is 13.1 Å². The van der Waals surface area contributed by atoms with E-state index in [-0.39, 0.29) is 11.9 Å². The monoisotopic (exact) mass is 167 g/mol. The quantitative estimate of drug-likeness (QED) is 0.615. The van der Waals surface area contributed by atoms with Crippen molar-refractivity contribution in [2.24, 2.45) is 0 Å². The van der Waals surface area contributed by atoms with Crippen LogP contribution in [0.4, 0.5) is 0 Å². The largest absolute Gasteiger partial charge is 0.353 e. The first kappa shape index (κ1) is 9.01. The number of amides is 1. The van der Waals surface area contributed by atoms with Crippen LogP contribution in [0.15, 0.2) is 0 Å². The maximum atomic E-state index is 11.2. The predicted octanol–water partition coefficient (Wildman–Crippen LogP) is -0.280. The zero-order valence-corrected chi connectivity index (χ0v) is 7.21. The van der Waals surface area contributed by atoms with E-state index in [1.165, 1.54) is 0 Å². The van der Waals surface area contributed by atoms with Crippen molar-refractivity contribution in [2.45, 2.75) is 19.4 Å². The van der Waals surface area contributed by atoms with Crippen LogP contribution in [0.3, 0.4) is 0 Å². The van der Waals surface area contributed by atoms with E-state index in [4.69, 9.17) is 5.26 Å². The second-order valence-electron chi connectivity index (χ2n) is 2.80. The molecule has 4 nitrogen and oxygen atoms in total. The van der Waals surface area contributed by atoms with Gasteiger partial charge in [0.05, 0.1) is 12.5 Å². The van der Waals surface area contributed by atoms with Gasteiger partial charge >= 0.3 is 0 Å². The zero-order chi connectivity index (χ0) is 8.97. The molecule has 1 heterocycles. The van der Waals surface area contributed by atoms with E-state index in [1.807, 2.05) is 17.9 Å². The number of hydrogen-bond acceptors (Lipinski definition) is 3. The molecule has 4 heteroatoms. The fourth-order valence-electron chi connectivity index (χ4n) is 1.45. The van der Waals surface area contributed by atoms with E-state index in [0.717, 1.165) is 13.1 Å². The first-order chi connectivity index (χ1) is 5.79. The number of piperazine rings is 1. The third-order valence-electron chi connectivity index (χ3n) is 2.13. The molecule has 0 saturated carbocycles. The summed E-state index contributed by atoms with van der Waals surface area (Å²) in [4.78, 5) is 13.3. The van der Waals surface area contributed by atoms with E-state index in [9.17, 15) is 4.79 Å². The second kappa shape index (κ2) is 4.07. The average Bonchev–Trinajstić information content (AvgIpc) is 2.09. The lowest BCUT2D eigenvalue weighted by Crippen LogP contribution is -2.54. The Morgan fingerprint density at radius 3 is 3.17 bits per heavy atom. The summed E-state index contributed by atoms with van der Waals surface area (Å²) in [5.41, 5.74) is 0. The third kappa shape index (κ3) is 1.74. The number of nitrogens with one attached hydrogen (secondary N) is 1. The molecule has 0 aromatic rings. The summed E-state index contributed by atoms with van der Waals surface area (Å²) in [6.45, 7) is 4.39. The van der Waals surface area contributed by atoms with Gasteiger partial charge in [-0.2, -0.15) is 5.26 Å². The first-order valence-electron chi connectivity index (χ1n) is 4.18. The Kier molecular flexibility index (Phi) is 3.06. The van der Waals surface area contributed by atoms with E-state index < -0.39 is 0 Å². The van der Waals surface area contributed by atoms with Crippen molar-refractivity contribution >= 4 is 5.91 Å². The van der Waals surface area contributed by atoms with Crippen LogP contribution in [-0.4, -0.2) is 36.5 Å². The van der Waals surface area contributed by atoms with Crippen LogP contribution in [0.25, 0.3) is 0 Å². The lowest BCUT2D eigenvalue weighted by Gasteiger charge is -2.32. The molecule has 0 bridgehead atoms. The number of nitriles is 1. The van der Waals surface area contributed by atoms with Gasteiger partial charge < -0.3 is 5.32 Å². The van der Waals surface area contributed by atoms with Crippen molar-refractivity contribution in [3.63, 3.8) is 0 Å². The average molecular weight is 167 g/mol. The van der Waals surface area contributed by atoms with Crippen molar-refractivity contribution < 1.29 is 4.79 Å². The van der Waals surface area contributed by atoms with Crippen LogP contribution in [0.5, 0.6) is 0 Å². The summed E-state index contributed by atoms with van der Waals surface area (Å²) in [6.07, 6.45) is 0.291. The van der Waals surface area contributed by atoms with Crippen LogP contribution in [0.1, 0.15) is 13.3 Å². The molecule has 1 N–H and O–H groups in total. The van der Waals surface area contributed by atoms with E-state index in [0.29, 0.717) is 13.0 Å². The standard InChI is InChI=1S/C8H13N3O/c1-2-11-6-5-10-8(12)7(11)3-4-9/h7H,2-3,5-6H2,1H3,(H,10,12). The molecule has 0 radical (unpaired) electrons. The maximum absolute atomic E-state index is 11.2.